The second-order valence-corrected chi connectivity index (χ2v) is 7.44. The van der Waals surface area contributed by atoms with Gasteiger partial charge in [0.25, 0.3) is 0 Å². The smallest absolute Gasteiger partial charge is 0.151 e. The molecule has 0 fully saturated rings. The van der Waals surface area contributed by atoms with Crippen molar-refractivity contribution in [2.24, 2.45) is 0 Å². The van der Waals surface area contributed by atoms with Gasteiger partial charge in [0, 0.05) is 42.0 Å². The number of anilines is 1. The number of benzene rings is 3. The molecule has 1 atom stereocenters. The summed E-state index contributed by atoms with van der Waals surface area (Å²) in [6, 6.07) is 20.9. The Morgan fingerprint density at radius 2 is 1.62 bits per heavy atom. The largest absolute Gasteiger partial charge is 0.497 e. The molecule has 0 aromatic heterocycles. The zero-order valence-electron chi connectivity index (χ0n) is 17.1. The average Bonchev–Trinajstić information content (AvgIpc) is 3.14. The summed E-state index contributed by atoms with van der Waals surface area (Å²) in [6.45, 7) is 6.82. The molecule has 2 aliphatic rings. The van der Waals surface area contributed by atoms with Gasteiger partial charge in [-0.3, -0.25) is 0 Å². The summed E-state index contributed by atoms with van der Waals surface area (Å²) in [5, 5.41) is 0. The van der Waals surface area contributed by atoms with Crippen LogP contribution in [0.4, 0.5) is 5.69 Å². The van der Waals surface area contributed by atoms with Crippen molar-refractivity contribution in [2.75, 3.05) is 25.1 Å². The molecular formula is C25H25NO3. The van der Waals surface area contributed by atoms with E-state index in [1.165, 1.54) is 11.1 Å². The maximum Gasteiger partial charge on any atom is 0.151 e. The first-order valence-corrected chi connectivity index (χ1v) is 10.2. The summed E-state index contributed by atoms with van der Waals surface area (Å²) >= 11 is 0. The van der Waals surface area contributed by atoms with Gasteiger partial charge in [-0.05, 0) is 49.2 Å². The summed E-state index contributed by atoms with van der Waals surface area (Å²) in [5.74, 6) is 2.39. The molecule has 0 aliphatic carbocycles. The normalized spacial score (nSPS) is 18.6. The molecule has 0 radical (unpaired) electrons. The van der Waals surface area contributed by atoms with Crippen LogP contribution in [0.2, 0.25) is 0 Å². The lowest BCUT2D eigenvalue weighted by Crippen LogP contribution is -2.32. The van der Waals surface area contributed by atoms with Gasteiger partial charge in [0.05, 0.1) is 13.7 Å². The van der Waals surface area contributed by atoms with E-state index in [4.69, 9.17) is 14.2 Å². The molecule has 0 amide bonds. The van der Waals surface area contributed by atoms with Gasteiger partial charge < -0.3 is 19.1 Å². The number of methoxy groups -OCH3 is 1. The molecule has 0 N–H and O–H groups in total. The molecule has 3 aromatic carbocycles. The van der Waals surface area contributed by atoms with Crippen LogP contribution in [0.25, 0.3) is 0 Å². The van der Waals surface area contributed by atoms with Gasteiger partial charge in [0.1, 0.15) is 17.2 Å². The maximum absolute atomic E-state index is 6.60. The van der Waals surface area contributed by atoms with Crippen molar-refractivity contribution in [2.45, 2.75) is 26.1 Å². The van der Waals surface area contributed by atoms with Crippen LogP contribution in [0, 0.1) is 0 Å². The monoisotopic (exact) mass is 387 g/mol. The third-order valence-corrected chi connectivity index (χ3v) is 6.10. The predicted molar refractivity (Wildman–Crippen MR) is 114 cm³/mol. The first-order chi connectivity index (χ1) is 14.2. The van der Waals surface area contributed by atoms with Crippen LogP contribution in [0.5, 0.6) is 17.2 Å². The van der Waals surface area contributed by atoms with Gasteiger partial charge in [0.15, 0.2) is 5.60 Å². The number of hydrogen-bond donors (Lipinski definition) is 0. The first kappa shape index (κ1) is 18.1. The molecule has 4 heteroatoms. The zero-order valence-corrected chi connectivity index (χ0v) is 17.1. The lowest BCUT2D eigenvalue weighted by atomic mass is 9.77. The third-order valence-electron chi connectivity index (χ3n) is 6.10. The average molecular weight is 387 g/mol. The number of hydrogen-bond acceptors (Lipinski definition) is 4. The minimum atomic E-state index is -0.659. The van der Waals surface area contributed by atoms with Crippen LogP contribution in [0.3, 0.4) is 0 Å². The van der Waals surface area contributed by atoms with E-state index >= 15 is 0 Å². The molecule has 2 heterocycles. The van der Waals surface area contributed by atoms with Crippen molar-refractivity contribution < 1.29 is 14.2 Å². The summed E-state index contributed by atoms with van der Waals surface area (Å²) < 4.78 is 18.5. The summed E-state index contributed by atoms with van der Waals surface area (Å²) in [6.07, 6.45) is 0. The standard InChI is InChI=1S/C25H25NO3/c1-4-26(5-2)18-10-12-21-23(14-18)29-24-15-19(27-3)11-13-22(24)25(21)20-9-7-6-8-17(20)16-28-25/h6-15H,4-5,16H2,1-3H3. The van der Waals surface area contributed by atoms with Crippen molar-refractivity contribution in [3.8, 4) is 17.2 Å². The Morgan fingerprint density at radius 3 is 2.38 bits per heavy atom. The number of rotatable bonds is 4. The quantitative estimate of drug-likeness (QED) is 0.594. The van der Waals surface area contributed by atoms with Crippen LogP contribution in [0.15, 0.2) is 60.7 Å². The highest BCUT2D eigenvalue weighted by molar-refractivity contribution is 5.67. The Labute approximate surface area is 171 Å². The minimum absolute atomic E-state index is 0.582. The number of nitrogens with zero attached hydrogens (tertiary/aromatic N) is 1. The topological polar surface area (TPSA) is 30.9 Å². The minimum Gasteiger partial charge on any atom is -0.497 e. The lowest BCUT2D eigenvalue weighted by molar-refractivity contribution is 0.0199. The summed E-state index contributed by atoms with van der Waals surface area (Å²) in [5.41, 5.74) is 4.97. The van der Waals surface area contributed by atoms with Crippen LogP contribution in [-0.2, 0) is 16.9 Å². The molecule has 148 valence electrons. The lowest BCUT2D eigenvalue weighted by Gasteiger charge is -2.38. The van der Waals surface area contributed by atoms with Crippen molar-refractivity contribution in [1.29, 1.82) is 0 Å². The molecule has 0 bridgehead atoms. The fourth-order valence-electron chi connectivity index (χ4n) is 4.64. The highest BCUT2D eigenvalue weighted by atomic mass is 16.5. The van der Waals surface area contributed by atoms with Gasteiger partial charge in [0.2, 0.25) is 0 Å². The van der Waals surface area contributed by atoms with Crippen molar-refractivity contribution in [3.05, 3.63) is 82.9 Å². The second kappa shape index (κ2) is 6.82. The second-order valence-electron chi connectivity index (χ2n) is 7.44. The molecular weight excluding hydrogens is 362 g/mol. The SMILES string of the molecule is CCN(CC)c1ccc2c(c1)Oc1cc(OC)ccc1C21OCc2ccccc21. The molecule has 0 saturated carbocycles. The highest BCUT2D eigenvalue weighted by Crippen LogP contribution is 2.57. The van der Waals surface area contributed by atoms with Gasteiger partial charge in [-0.1, -0.05) is 24.3 Å². The molecule has 29 heavy (non-hydrogen) atoms. The van der Waals surface area contributed by atoms with E-state index in [0.717, 1.165) is 47.2 Å². The van der Waals surface area contributed by atoms with E-state index in [1.54, 1.807) is 7.11 Å². The summed E-state index contributed by atoms with van der Waals surface area (Å²) in [4.78, 5) is 2.32. The number of ether oxygens (including phenoxy) is 3. The van der Waals surface area contributed by atoms with Crippen LogP contribution >= 0.6 is 0 Å². The van der Waals surface area contributed by atoms with Gasteiger partial charge in [-0.25, -0.2) is 0 Å². The third kappa shape index (κ3) is 2.56. The highest BCUT2D eigenvalue weighted by Gasteiger charge is 2.49. The fourth-order valence-corrected chi connectivity index (χ4v) is 4.64. The van der Waals surface area contributed by atoms with Crippen molar-refractivity contribution in [1.82, 2.24) is 0 Å². The Morgan fingerprint density at radius 1 is 0.897 bits per heavy atom. The maximum atomic E-state index is 6.60. The molecule has 1 spiro atoms. The Bertz CT molecular complexity index is 1070. The van der Waals surface area contributed by atoms with Gasteiger partial charge >= 0.3 is 0 Å². The molecule has 3 aromatic rings. The van der Waals surface area contributed by atoms with Gasteiger partial charge in [-0.2, -0.15) is 0 Å². The first-order valence-electron chi connectivity index (χ1n) is 10.2. The van der Waals surface area contributed by atoms with Crippen molar-refractivity contribution >= 4 is 5.69 Å². The van der Waals surface area contributed by atoms with Crippen LogP contribution in [-0.4, -0.2) is 20.2 Å². The Balaban J connectivity index is 1.76. The van der Waals surface area contributed by atoms with E-state index in [1.807, 2.05) is 12.1 Å². The van der Waals surface area contributed by atoms with Crippen LogP contribution < -0.4 is 14.4 Å². The summed E-state index contributed by atoms with van der Waals surface area (Å²) in [7, 11) is 1.67. The Kier molecular flexibility index (Phi) is 4.25. The van der Waals surface area contributed by atoms with E-state index in [-0.39, 0.29) is 0 Å². The van der Waals surface area contributed by atoms with E-state index in [2.05, 4.69) is 67.3 Å². The zero-order chi connectivity index (χ0) is 20.0. The van der Waals surface area contributed by atoms with Crippen LogP contribution in [0.1, 0.15) is 36.1 Å². The Hall–Kier alpha value is -2.98. The number of fused-ring (bicyclic) bond motifs is 6. The molecule has 4 nitrogen and oxygen atoms in total. The van der Waals surface area contributed by atoms with Crippen molar-refractivity contribution in [3.63, 3.8) is 0 Å². The van der Waals surface area contributed by atoms with E-state index in [9.17, 15) is 0 Å². The molecule has 1 unspecified atom stereocenters. The van der Waals surface area contributed by atoms with E-state index < -0.39 is 5.60 Å². The van der Waals surface area contributed by atoms with E-state index in [0.29, 0.717) is 6.61 Å². The fraction of sp³-hybridized carbons (Fsp3) is 0.280. The molecule has 0 saturated heterocycles. The predicted octanol–water partition coefficient (Wildman–Crippen LogP) is 5.47. The molecule has 5 rings (SSSR count). The molecule has 2 aliphatic heterocycles. The van der Waals surface area contributed by atoms with Gasteiger partial charge in [-0.15, -0.1) is 0 Å².